The minimum atomic E-state index is -1.02. The zero-order chi connectivity index (χ0) is 14.1. The molecule has 0 aromatic carbocycles. The zero-order valence-corrected chi connectivity index (χ0v) is 11.3. The van der Waals surface area contributed by atoms with Crippen molar-refractivity contribution in [2.45, 2.75) is 39.2 Å². The van der Waals surface area contributed by atoms with E-state index >= 15 is 0 Å². The number of carbonyl (C=O) groups is 2. The van der Waals surface area contributed by atoms with E-state index in [0.29, 0.717) is 6.54 Å². The highest BCUT2D eigenvalue weighted by Gasteiger charge is 2.24. The maximum atomic E-state index is 11.7. The maximum Gasteiger partial charge on any atom is 0.326 e. The monoisotopic (exact) mass is 260 g/mol. The van der Waals surface area contributed by atoms with Crippen LogP contribution in [0.25, 0.3) is 0 Å². The molecule has 18 heavy (non-hydrogen) atoms. The first kappa shape index (κ1) is 16.7. The van der Waals surface area contributed by atoms with Crippen LogP contribution in [0.2, 0.25) is 0 Å². The van der Waals surface area contributed by atoms with Gasteiger partial charge in [-0.25, -0.2) is 9.59 Å². The van der Waals surface area contributed by atoms with Crippen LogP contribution in [0.3, 0.4) is 0 Å². The van der Waals surface area contributed by atoms with Gasteiger partial charge in [0.2, 0.25) is 0 Å². The molecule has 6 heteroatoms. The van der Waals surface area contributed by atoms with Crippen LogP contribution < -0.4 is 5.32 Å². The number of urea groups is 1. The molecule has 0 heterocycles. The van der Waals surface area contributed by atoms with Crippen molar-refractivity contribution in [1.29, 1.82) is 0 Å². The number of aliphatic hydroxyl groups is 1. The van der Waals surface area contributed by atoms with Gasteiger partial charge in [-0.3, -0.25) is 0 Å². The minimum Gasteiger partial charge on any atom is -0.480 e. The van der Waals surface area contributed by atoms with Gasteiger partial charge in [0.25, 0.3) is 0 Å². The van der Waals surface area contributed by atoms with Crippen molar-refractivity contribution in [1.82, 2.24) is 10.2 Å². The Morgan fingerprint density at radius 2 is 1.83 bits per heavy atom. The summed E-state index contributed by atoms with van der Waals surface area (Å²) in [5.74, 6) is -1.18. The second-order valence-electron chi connectivity index (χ2n) is 4.72. The number of nitrogens with zero attached hydrogens (tertiary/aromatic N) is 1. The molecule has 106 valence electrons. The highest BCUT2D eigenvalue weighted by atomic mass is 16.4. The van der Waals surface area contributed by atoms with Gasteiger partial charge in [0, 0.05) is 20.2 Å². The molecule has 0 bridgehead atoms. The first-order chi connectivity index (χ1) is 8.40. The van der Waals surface area contributed by atoms with E-state index in [1.165, 1.54) is 4.90 Å². The number of nitrogens with one attached hydrogen (secondary N) is 1. The smallest absolute Gasteiger partial charge is 0.326 e. The summed E-state index contributed by atoms with van der Waals surface area (Å²) in [5, 5.41) is 20.1. The van der Waals surface area contributed by atoms with Crippen molar-refractivity contribution in [2.24, 2.45) is 5.92 Å². The molecule has 0 saturated heterocycles. The summed E-state index contributed by atoms with van der Waals surface area (Å²) >= 11 is 0. The van der Waals surface area contributed by atoms with E-state index in [9.17, 15) is 9.59 Å². The van der Waals surface area contributed by atoms with Gasteiger partial charge in [-0.1, -0.05) is 13.8 Å². The summed E-state index contributed by atoms with van der Waals surface area (Å²) in [5.41, 5.74) is 0. The van der Waals surface area contributed by atoms with Crippen LogP contribution in [0, 0.1) is 5.92 Å². The van der Waals surface area contributed by atoms with E-state index in [0.717, 1.165) is 19.3 Å². The number of carboxylic acid groups (broad SMARTS) is 1. The number of aliphatic carboxylic acids is 1. The Kier molecular flexibility index (Phi) is 8.11. The van der Waals surface area contributed by atoms with E-state index in [1.807, 2.05) is 0 Å². The predicted octanol–water partition coefficient (Wildman–Crippen LogP) is 0.900. The summed E-state index contributed by atoms with van der Waals surface area (Å²) in [6.45, 7) is 4.21. The van der Waals surface area contributed by atoms with Crippen molar-refractivity contribution in [3.8, 4) is 0 Å². The summed E-state index contributed by atoms with van der Waals surface area (Å²) in [7, 11) is 1.63. The zero-order valence-electron chi connectivity index (χ0n) is 11.3. The van der Waals surface area contributed by atoms with Gasteiger partial charge in [-0.15, -0.1) is 0 Å². The average molecular weight is 260 g/mol. The van der Waals surface area contributed by atoms with Gasteiger partial charge in [-0.2, -0.15) is 0 Å². The Morgan fingerprint density at radius 1 is 1.22 bits per heavy atom. The highest BCUT2D eigenvalue weighted by molar-refractivity contribution is 5.82. The standard InChI is InChI=1S/C12H24N2O4/c1-9(2)10(11(16)17)13-12(18)14(3)7-5-4-6-8-15/h9-10,15H,4-8H2,1-3H3,(H,13,18)(H,16,17). The first-order valence-electron chi connectivity index (χ1n) is 6.25. The number of rotatable bonds is 8. The lowest BCUT2D eigenvalue weighted by Crippen LogP contribution is -2.49. The predicted molar refractivity (Wildman–Crippen MR) is 68.4 cm³/mol. The van der Waals surface area contributed by atoms with Crippen LogP contribution in [-0.2, 0) is 4.79 Å². The van der Waals surface area contributed by atoms with Gasteiger partial charge in [-0.05, 0) is 25.2 Å². The Balaban J connectivity index is 4.09. The van der Waals surface area contributed by atoms with E-state index < -0.39 is 12.0 Å². The molecule has 0 aromatic heterocycles. The van der Waals surface area contributed by atoms with E-state index in [1.54, 1.807) is 20.9 Å². The molecule has 0 aliphatic rings. The summed E-state index contributed by atoms with van der Waals surface area (Å²) in [6.07, 6.45) is 2.36. The fourth-order valence-corrected chi connectivity index (χ4v) is 1.50. The van der Waals surface area contributed by atoms with Gasteiger partial charge >= 0.3 is 12.0 Å². The SMILES string of the molecule is CC(C)C(NC(=O)N(C)CCCCCO)C(=O)O. The molecule has 3 N–H and O–H groups in total. The molecule has 0 aliphatic carbocycles. The van der Waals surface area contributed by atoms with E-state index in [-0.39, 0.29) is 18.6 Å². The Hall–Kier alpha value is -1.30. The van der Waals surface area contributed by atoms with Crippen LogP contribution in [0.4, 0.5) is 4.79 Å². The normalized spacial score (nSPS) is 12.3. The summed E-state index contributed by atoms with van der Waals surface area (Å²) in [4.78, 5) is 24.1. The molecule has 0 fully saturated rings. The molecule has 0 rings (SSSR count). The van der Waals surface area contributed by atoms with Crippen LogP contribution in [0.5, 0.6) is 0 Å². The Labute approximate surface area is 108 Å². The van der Waals surface area contributed by atoms with Crippen LogP contribution in [0.1, 0.15) is 33.1 Å². The molecule has 0 aliphatic heterocycles. The largest absolute Gasteiger partial charge is 0.480 e. The quantitative estimate of drug-likeness (QED) is 0.566. The molecule has 2 amide bonds. The minimum absolute atomic E-state index is 0.157. The van der Waals surface area contributed by atoms with Gasteiger partial charge < -0.3 is 20.4 Å². The maximum absolute atomic E-state index is 11.7. The Bertz CT molecular complexity index is 269. The number of carboxylic acids is 1. The Morgan fingerprint density at radius 3 is 2.28 bits per heavy atom. The van der Waals surface area contributed by atoms with Gasteiger partial charge in [0.15, 0.2) is 0 Å². The molecule has 0 saturated carbocycles. The van der Waals surface area contributed by atoms with Gasteiger partial charge in [0.05, 0.1) is 0 Å². The number of unbranched alkanes of at least 4 members (excludes halogenated alkanes) is 2. The molecule has 0 aromatic rings. The van der Waals surface area contributed by atoms with E-state index in [4.69, 9.17) is 10.2 Å². The van der Waals surface area contributed by atoms with Crippen LogP contribution >= 0.6 is 0 Å². The first-order valence-corrected chi connectivity index (χ1v) is 6.25. The topological polar surface area (TPSA) is 89.9 Å². The third-order valence-corrected chi connectivity index (χ3v) is 2.71. The molecule has 0 spiro atoms. The van der Waals surface area contributed by atoms with Crippen molar-refractivity contribution in [3.63, 3.8) is 0 Å². The van der Waals surface area contributed by atoms with Crippen molar-refractivity contribution in [2.75, 3.05) is 20.2 Å². The lowest BCUT2D eigenvalue weighted by atomic mass is 10.1. The average Bonchev–Trinajstić information content (AvgIpc) is 2.30. The van der Waals surface area contributed by atoms with Crippen molar-refractivity contribution in [3.05, 3.63) is 0 Å². The third kappa shape index (κ3) is 6.44. The number of amides is 2. The number of aliphatic hydroxyl groups excluding tert-OH is 1. The number of hydrogen-bond donors (Lipinski definition) is 3. The molecular weight excluding hydrogens is 236 g/mol. The van der Waals surface area contributed by atoms with Gasteiger partial charge in [0.1, 0.15) is 6.04 Å². The second kappa shape index (κ2) is 8.74. The fraction of sp³-hybridized carbons (Fsp3) is 0.833. The molecule has 1 unspecified atom stereocenters. The summed E-state index contributed by atoms with van der Waals surface area (Å²) in [6, 6.07) is -1.24. The van der Waals surface area contributed by atoms with Crippen molar-refractivity contribution >= 4 is 12.0 Å². The second-order valence-corrected chi connectivity index (χ2v) is 4.72. The van der Waals surface area contributed by atoms with E-state index in [2.05, 4.69) is 5.32 Å². The molecule has 6 nitrogen and oxygen atoms in total. The highest BCUT2D eigenvalue weighted by Crippen LogP contribution is 2.03. The molecule has 0 radical (unpaired) electrons. The fourth-order valence-electron chi connectivity index (χ4n) is 1.50. The summed E-state index contributed by atoms with van der Waals surface area (Å²) < 4.78 is 0. The lowest BCUT2D eigenvalue weighted by molar-refractivity contribution is -0.140. The lowest BCUT2D eigenvalue weighted by Gasteiger charge is -2.23. The molecular formula is C12H24N2O4. The molecule has 1 atom stereocenters. The van der Waals surface area contributed by atoms with Crippen molar-refractivity contribution < 1.29 is 19.8 Å². The van der Waals surface area contributed by atoms with Crippen LogP contribution in [-0.4, -0.2) is 53.4 Å². The van der Waals surface area contributed by atoms with Crippen LogP contribution in [0.15, 0.2) is 0 Å². The third-order valence-electron chi connectivity index (χ3n) is 2.71. The number of hydrogen-bond acceptors (Lipinski definition) is 3. The number of carbonyl (C=O) groups excluding carboxylic acids is 1.